The Labute approximate surface area is 192 Å². The molecule has 2 N–H and O–H groups in total. The minimum Gasteiger partial charge on any atom is -0.328 e. The highest BCUT2D eigenvalue weighted by Gasteiger charge is 2.39. The van der Waals surface area contributed by atoms with Gasteiger partial charge in [0.1, 0.15) is 5.82 Å². The second-order valence-electron chi connectivity index (χ2n) is 8.28. The third-order valence-corrected chi connectivity index (χ3v) is 6.03. The van der Waals surface area contributed by atoms with Gasteiger partial charge in [0.25, 0.3) is 0 Å². The molecule has 2 aromatic rings. The Morgan fingerprint density at radius 2 is 1.84 bits per heavy atom. The number of nitrogens with one attached hydrogen (secondary N) is 2. The first-order valence-corrected chi connectivity index (χ1v) is 11.0. The van der Waals surface area contributed by atoms with Crippen LogP contribution in [0.25, 0.3) is 6.08 Å². The summed E-state index contributed by atoms with van der Waals surface area (Å²) in [6, 6.07) is 11.9. The molecule has 168 valence electrons. The van der Waals surface area contributed by atoms with Gasteiger partial charge in [0.05, 0.1) is 12.1 Å². The van der Waals surface area contributed by atoms with Gasteiger partial charge in [0, 0.05) is 56.4 Å². The second-order valence-corrected chi connectivity index (χ2v) is 8.71. The predicted octanol–water partition coefficient (Wildman–Crippen LogP) is 3.14. The van der Waals surface area contributed by atoms with Crippen LogP contribution >= 0.6 is 11.6 Å². The quantitative estimate of drug-likeness (QED) is 0.678. The summed E-state index contributed by atoms with van der Waals surface area (Å²) in [5.74, 6) is -0.489. The Morgan fingerprint density at radius 1 is 1.16 bits per heavy atom. The van der Waals surface area contributed by atoms with Crippen LogP contribution in [0.15, 0.2) is 48.5 Å². The molecule has 2 aromatic carbocycles. The molecule has 2 atom stereocenters. The van der Waals surface area contributed by atoms with Gasteiger partial charge in [0.2, 0.25) is 11.8 Å². The van der Waals surface area contributed by atoms with Crippen molar-refractivity contribution in [1.82, 2.24) is 15.1 Å². The summed E-state index contributed by atoms with van der Waals surface area (Å²) in [6.45, 7) is 5.12. The number of rotatable bonds is 5. The lowest BCUT2D eigenvalue weighted by molar-refractivity contribution is -0.136. The first-order valence-electron chi connectivity index (χ1n) is 10.6. The van der Waals surface area contributed by atoms with E-state index in [-0.39, 0.29) is 29.7 Å². The van der Waals surface area contributed by atoms with Crippen molar-refractivity contribution in [3.63, 3.8) is 0 Å². The van der Waals surface area contributed by atoms with E-state index in [1.165, 1.54) is 19.1 Å². The van der Waals surface area contributed by atoms with Crippen LogP contribution in [0, 0.1) is 5.82 Å². The van der Waals surface area contributed by atoms with Crippen LogP contribution in [0.1, 0.15) is 18.1 Å². The number of amides is 2. The number of piperazine rings is 2. The molecular weight excluding hydrogens is 431 g/mol. The van der Waals surface area contributed by atoms with Crippen LogP contribution < -0.4 is 10.6 Å². The SMILES string of the molecule is CC(=O)Nc1cc(Cl)ccc1/C=C/C(=O)N1C2CNCC1CN(Cc1ccc(F)cc1)C2. The molecule has 2 aliphatic rings. The predicted molar refractivity (Wildman–Crippen MR) is 124 cm³/mol. The number of anilines is 1. The maximum Gasteiger partial charge on any atom is 0.247 e. The lowest BCUT2D eigenvalue weighted by Gasteiger charge is -2.50. The molecule has 2 heterocycles. The second kappa shape index (κ2) is 9.81. The van der Waals surface area contributed by atoms with Crippen molar-refractivity contribution in [3.05, 3.63) is 70.5 Å². The van der Waals surface area contributed by atoms with Gasteiger partial charge < -0.3 is 15.5 Å². The van der Waals surface area contributed by atoms with Crippen molar-refractivity contribution in [3.8, 4) is 0 Å². The minimum atomic E-state index is -0.237. The largest absolute Gasteiger partial charge is 0.328 e. The number of halogens is 2. The highest BCUT2D eigenvalue weighted by molar-refractivity contribution is 6.31. The molecule has 6 nitrogen and oxygen atoms in total. The van der Waals surface area contributed by atoms with Crippen LogP contribution in [0.5, 0.6) is 0 Å². The van der Waals surface area contributed by atoms with Gasteiger partial charge >= 0.3 is 0 Å². The third kappa shape index (κ3) is 5.35. The molecule has 32 heavy (non-hydrogen) atoms. The van der Waals surface area contributed by atoms with Gasteiger partial charge in [-0.25, -0.2) is 4.39 Å². The number of hydrogen-bond donors (Lipinski definition) is 2. The van der Waals surface area contributed by atoms with Crippen LogP contribution in [0.4, 0.5) is 10.1 Å². The van der Waals surface area contributed by atoms with Crippen LogP contribution in [-0.4, -0.2) is 59.9 Å². The Kier molecular flexibility index (Phi) is 6.89. The summed E-state index contributed by atoms with van der Waals surface area (Å²) in [6.07, 6.45) is 3.29. The van der Waals surface area contributed by atoms with Crippen molar-refractivity contribution < 1.29 is 14.0 Å². The molecular formula is C24H26ClFN4O2. The molecule has 0 saturated carbocycles. The molecule has 2 saturated heterocycles. The molecule has 2 amide bonds. The molecule has 0 spiro atoms. The van der Waals surface area contributed by atoms with Crippen molar-refractivity contribution in [2.75, 3.05) is 31.5 Å². The number of carbonyl (C=O) groups excluding carboxylic acids is 2. The number of fused-ring (bicyclic) bond motifs is 2. The highest BCUT2D eigenvalue weighted by atomic mass is 35.5. The monoisotopic (exact) mass is 456 g/mol. The smallest absolute Gasteiger partial charge is 0.247 e. The van der Waals surface area contributed by atoms with E-state index in [0.717, 1.165) is 43.9 Å². The number of carbonyl (C=O) groups is 2. The van der Waals surface area contributed by atoms with Crippen molar-refractivity contribution in [1.29, 1.82) is 0 Å². The Balaban J connectivity index is 1.45. The average molecular weight is 457 g/mol. The molecule has 2 aliphatic heterocycles. The fraction of sp³-hybridized carbons (Fsp3) is 0.333. The topological polar surface area (TPSA) is 64.7 Å². The Hall–Kier alpha value is -2.74. The van der Waals surface area contributed by atoms with Gasteiger partial charge in [-0.15, -0.1) is 0 Å². The van der Waals surface area contributed by atoms with Crippen molar-refractivity contribution >= 4 is 35.2 Å². The van der Waals surface area contributed by atoms with Gasteiger partial charge in [-0.05, 0) is 41.5 Å². The van der Waals surface area contributed by atoms with E-state index < -0.39 is 0 Å². The normalized spacial score (nSPS) is 21.0. The zero-order chi connectivity index (χ0) is 22.7. The summed E-state index contributed by atoms with van der Waals surface area (Å²) in [7, 11) is 0. The first kappa shape index (κ1) is 22.5. The standard InChI is InChI=1S/C24H26ClFN4O2/c1-16(31)28-23-10-19(25)6-4-18(23)5-9-24(32)30-21-11-27-12-22(30)15-29(14-21)13-17-2-7-20(26)8-3-17/h2-10,21-22,27H,11-15H2,1H3,(H,28,31)/b9-5+. The van der Waals surface area contributed by atoms with Gasteiger partial charge in [0.15, 0.2) is 0 Å². The summed E-state index contributed by atoms with van der Waals surface area (Å²) >= 11 is 6.05. The number of nitrogens with zero attached hydrogens (tertiary/aromatic N) is 2. The van der Waals surface area contributed by atoms with E-state index in [2.05, 4.69) is 15.5 Å². The first-order chi connectivity index (χ1) is 15.4. The van der Waals surface area contributed by atoms with E-state index in [1.54, 1.807) is 30.4 Å². The molecule has 4 rings (SSSR count). The highest BCUT2D eigenvalue weighted by Crippen LogP contribution is 2.24. The van der Waals surface area contributed by atoms with E-state index in [9.17, 15) is 14.0 Å². The summed E-state index contributed by atoms with van der Waals surface area (Å²) in [5, 5.41) is 6.68. The lowest BCUT2D eigenvalue weighted by atomic mass is 10.0. The molecule has 2 unspecified atom stereocenters. The fourth-order valence-corrected chi connectivity index (χ4v) is 4.62. The van der Waals surface area contributed by atoms with Gasteiger partial charge in [-0.2, -0.15) is 0 Å². The van der Waals surface area contributed by atoms with Crippen LogP contribution in [0.2, 0.25) is 5.02 Å². The molecule has 0 radical (unpaired) electrons. The van der Waals surface area contributed by atoms with E-state index in [4.69, 9.17) is 11.6 Å². The minimum absolute atomic E-state index is 0.0494. The molecule has 2 fully saturated rings. The van der Waals surface area contributed by atoms with E-state index in [1.807, 2.05) is 17.0 Å². The zero-order valence-corrected chi connectivity index (χ0v) is 18.6. The number of benzene rings is 2. The summed E-state index contributed by atoms with van der Waals surface area (Å²) in [5.41, 5.74) is 2.35. The van der Waals surface area contributed by atoms with E-state index in [0.29, 0.717) is 10.7 Å². The maximum atomic E-state index is 13.2. The maximum absolute atomic E-state index is 13.2. The average Bonchev–Trinajstić information content (AvgIpc) is 2.73. The van der Waals surface area contributed by atoms with Gasteiger partial charge in [-0.3, -0.25) is 14.5 Å². The fourth-order valence-electron chi connectivity index (χ4n) is 4.44. The molecule has 8 heteroatoms. The molecule has 0 aliphatic carbocycles. The molecule has 0 aromatic heterocycles. The lowest BCUT2D eigenvalue weighted by Crippen LogP contribution is -2.68. The van der Waals surface area contributed by atoms with Gasteiger partial charge in [-0.1, -0.05) is 29.8 Å². The Bertz CT molecular complexity index is 1010. The Morgan fingerprint density at radius 3 is 2.50 bits per heavy atom. The summed E-state index contributed by atoms with van der Waals surface area (Å²) < 4.78 is 13.2. The summed E-state index contributed by atoms with van der Waals surface area (Å²) in [4.78, 5) is 28.9. The van der Waals surface area contributed by atoms with Crippen molar-refractivity contribution in [2.24, 2.45) is 0 Å². The van der Waals surface area contributed by atoms with Crippen LogP contribution in [0.3, 0.4) is 0 Å². The van der Waals surface area contributed by atoms with E-state index >= 15 is 0 Å². The zero-order valence-electron chi connectivity index (χ0n) is 17.9. The molecule has 2 bridgehead atoms. The third-order valence-electron chi connectivity index (χ3n) is 5.79. The number of hydrogen-bond acceptors (Lipinski definition) is 4. The van der Waals surface area contributed by atoms with Crippen LogP contribution in [-0.2, 0) is 16.1 Å². The van der Waals surface area contributed by atoms with Crippen molar-refractivity contribution in [2.45, 2.75) is 25.6 Å².